The van der Waals surface area contributed by atoms with Crippen LogP contribution in [0.1, 0.15) is 32.1 Å². The van der Waals surface area contributed by atoms with Crippen LogP contribution in [0.3, 0.4) is 0 Å². The lowest BCUT2D eigenvalue weighted by molar-refractivity contribution is -0.125. The quantitative estimate of drug-likeness (QED) is 0.788. The minimum Gasteiger partial charge on any atom is -0.353 e. The van der Waals surface area contributed by atoms with Gasteiger partial charge in [0.1, 0.15) is 0 Å². The van der Waals surface area contributed by atoms with Gasteiger partial charge in [-0.1, -0.05) is 0 Å². The Morgan fingerprint density at radius 2 is 1.90 bits per heavy atom. The van der Waals surface area contributed by atoms with E-state index in [1.165, 1.54) is 12.3 Å². The maximum atomic E-state index is 12.1. The fraction of sp³-hybridized carbons (Fsp3) is 0.929. The van der Waals surface area contributed by atoms with Crippen LogP contribution in [0.15, 0.2) is 0 Å². The van der Waals surface area contributed by atoms with Gasteiger partial charge in [-0.15, -0.1) is 24.8 Å². The molecule has 0 aromatic heterocycles. The lowest BCUT2D eigenvalue weighted by atomic mass is 10.0. The number of hydrogen-bond donors (Lipinski definition) is 2. The molecule has 2 atom stereocenters. The molecule has 21 heavy (non-hydrogen) atoms. The summed E-state index contributed by atoms with van der Waals surface area (Å²) < 4.78 is 0. The Morgan fingerprint density at radius 1 is 1.24 bits per heavy atom. The lowest BCUT2D eigenvalue weighted by Gasteiger charge is -2.32. The van der Waals surface area contributed by atoms with Gasteiger partial charge in [0.25, 0.3) is 0 Å². The van der Waals surface area contributed by atoms with Crippen LogP contribution in [0.5, 0.6) is 0 Å². The van der Waals surface area contributed by atoms with E-state index in [0.29, 0.717) is 6.04 Å². The highest BCUT2D eigenvalue weighted by atomic mass is 35.5. The average molecular weight is 358 g/mol. The molecule has 1 amide bonds. The molecule has 3 N–H and O–H groups in total. The topological polar surface area (TPSA) is 58.4 Å². The minimum atomic E-state index is 0. The maximum Gasteiger partial charge on any atom is 0.223 e. The molecule has 0 bridgehead atoms. The molecule has 7 heteroatoms. The van der Waals surface area contributed by atoms with Crippen molar-refractivity contribution in [2.24, 2.45) is 11.7 Å². The van der Waals surface area contributed by atoms with Crippen LogP contribution in [-0.2, 0) is 4.79 Å². The summed E-state index contributed by atoms with van der Waals surface area (Å²) in [5, 5.41) is 3.23. The average Bonchev–Trinajstić information content (AvgIpc) is 2.85. The van der Waals surface area contributed by atoms with Crippen molar-refractivity contribution in [1.29, 1.82) is 0 Å². The number of halogens is 2. The number of nitrogens with one attached hydrogen (secondary N) is 1. The first-order chi connectivity index (χ1) is 9.19. The first-order valence-corrected chi connectivity index (χ1v) is 8.85. The van der Waals surface area contributed by atoms with Crippen molar-refractivity contribution >= 4 is 42.5 Å². The van der Waals surface area contributed by atoms with Gasteiger partial charge >= 0.3 is 0 Å². The van der Waals surface area contributed by atoms with Crippen molar-refractivity contribution in [2.75, 3.05) is 31.6 Å². The van der Waals surface area contributed by atoms with E-state index in [-0.39, 0.29) is 42.7 Å². The molecule has 1 saturated heterocycles. The third kappa shape index (κ3) is 6.95. The highest BCUT2D eigenvalue weighted by Crippen LogP contribution is 2.24. The number of carbonyl (C=O) groups excluding carboxylic acids is 1. The second-order valence-corrected chi connectivity index (χ2v) is 6.87. The summed E-state index contributed by atoms with van der Waals surface area (Å²) in [6, 6.07) is 0.624. The molecule has 2 aliphatic rings. The normalized spacial score (nSPS) is 26.8. The van der Waals surface area contributed by atoms with E-state index in [2.05, 4.69) is 16.5 Å². The standard InChI is InChI=1S/C14H27N3OS.2ClH/c1-19-9-8-17-6-4-13(5-7-17)16-14(18)11-2-3-12(15)10-11;;/h11-13H,2-10,15H2,1H3,(H,16,18);2*1H/t11-,12+;;/m0../s1. The van der Waals surface area contributed by atoms with E-state index < -0.39 is 0 Å². The van der Waals surface area contributed by atoms with Crippen LogP contribution in [-0.4, -0.2) is 54.5 Å². The predicted molar refractivity (Wildman–Crippen MR) is 95.8 cm³/mol. The number of nitrogens with two attached hydrogens (primary N) is 1. The number of hydrogen-bond acceptors (Lipinski definition) is 4. The van der Waals surface area contributed by atoms with Crippen LogP contribution in [0.2, 0.25) is 0 Å². The van der Waals surface area contributed by atoms with Crippen LogP contribution in [0, 0.1) is 5.92 Å². The molecule has 2 fully saturated rings. The molecule has 1 aliphatic heterocycles. The van der Waals surface area contributed by atoms with Gasteiger partial charge in [0.2, 0.25) is 5.91 Å². The summed E-state index contributed by atoms with van der Waals surface area (Å²) in [6.07, 6.45) is 7.19. The minimum absolute atomic E-state index is 0. The summed E-state index contributed by atoms with van der Waals surface area (Å²) in [5.41, 5.74) is 5.87. The Labute approximate surface area is 145 Å². The second kappa shape index (κ2) is 10.9. The van der Waals surface area contributed by atoms with Gasteiger partial charge in [-0.25, -0.2) is 0 Å². The first kappa shape index (κ1) is 21.3. The summed E-state index contributed by atoms with van der Waals surface area (Å²) in [4.78, 5) is 14.6. The van der Waals surface area contributed by atoms with Gasteiger partial charge in [-0.05, 0) is 38.4 Å². The Morgan fingerprint density at radius 3 is 2.43 bits per heavy atom. The molecule has 2 rings (SSSR count). The van der Waals surface area contributed by atoms with Crippen molar-refractivity contribution < 1.29 is 4.79 Å². The molecular formula is C14H29Cl2N3OS. The predicted octanol–water partition coefficient (Wildman–Crippen LogP) is 1.90. The van der Waals surface area contributed by atoms with Gasteiger partial charge in [0.15, 0.2) is 0 Å². The molecular weight excluding hydrogens is 329 g/mol. The SMILES string of the molecule is CSCCN1CCC(NC(=O)[C@H]2CC[C@@H](N)C2)CC1.Cl.Cl. The Hall–Kier alpha value is 0.320. The number of nitrogens with zero attached hydrogens (tertiary/aromatic N) is 1. The van der Waals surface area contributed by atoms with Crippen LogP contribution >= 0.6 is 36.6 Å². The third-order valence-corrected chi connectivity index (χ3v) is 4.98. The van der Waals surface area contributed by atoms with Gasteiger partial charge in [-0.3, -0.25) is 4.79 Å². The van der Waals surface area contributed by atoms with Crippen molar-refractivity contribution in [3.63, 3.8) is 0 Å². The summed E-state index contributed by atoms with van der Waals surface area (Å²) in [7, 11) is 0. The van der Waals surface area contributed by atoms with Gasteiger partial charge in [0, 0.05) is 43.4 Å². The largest absolute Gasteiger partial charge is 0.353 e. The zero-order chi connectivity index (χ0) is 13.7. The van der Waals surface area contributed by atoms with Crippen molar-refractivity contribution in [3.8, 4) is 0 Å². The Kier molecular flexibility index (Phi) is 11.1. The van der Waals surface area contributed by atoms with Crippen molar-refractivity contribution in [1.82, 2.24) is 10.2 Å². The monoisotopic (exact) mass is 357 g/mol. The molecule has 0 aromatic rings. The molecule has 126 valence electrons. The molecule has 0 aromatic carbocycles. The fourth-order valence-corrected chi connectivity index (χ4v) is 3.54. The summed E-state index contributed by atoms with van der Waals surface area (Å²) >= 11 is 1.90. The molecule has 1 saturated carbocycles. The summed E-state index contributed by atoms with van der Waals surface area (Å²) in [6.45, 7) is 3.42. The number of rotatable bonds is 5. The fourth-order valence-electron chi connectivity index (χ4n) is 3.09. The maximum absolute atomic E-state index is 12.1. The van der Waals surface area contributed by atoms with E-state index >= 15 is 0 Å². The Balaban J connectivity index is 0.00000200. The lowest BCUT2D eigenvalue weighted by Crippen LogP contribution is -2.46. The van der Waals surface area contributed by atoms with E-state index in [0.717, 1.165) is 45.2 Å². The Bertz CT molecular complexity index is 302. The van der Waals surface area contributed by atoms with Gasteiger partial charge < -0.3 is 16.0 Å². The van der Waals surface area contributed by atoms with Crippen LogP contribution < -0.4 is 11.1 Å². The highest BCUT2D eigenvalue weighted by molar-refractivity contribution is 7.98. The second-order valence-electron chi connectivity index (χ2n) is 5.89. The third-order valence-electron chi connectivity index (χ3n) is 4.39. The zero-order valence-corrected chi connectivity index (χ0v) is 15.2. The zero-order valence-electron chi connectivity index (χ0n) is 12.8. The number of amides is 1. The highest BCUT2D eigenvalue weighted by Gasteiger charge is 2.29. The number of thioether (sulfide) groups is 1. The van der Waals surface area contributed by atoms with E-state index in [4.69, 9.17) is 5.73 Å². The smallest absolute Gasteiger partial charge is 0.223 e. The molecule has 0 unspecified atom stereocenters. The van der Waals surface area contributed by atoms with Crippen LogP contribution in [0.25, 0.3) is 0 Å². The van der Waals surface area contributed by atoms with Crippen molar-refractivity contribution in [3.05, 3.63) is 0 Å². The first-order valence-electron chi connectivity index (χ1n) is 7.46. The van der Waals surface area contributed by atoms with Crippen molar-refractivity contribution in [2.45, 2.75) is 44.2 Å². The number of likely N-dealkylation sites (tertiary alicyclic amines) is 1. The van der Waals surface area contributed by atoms with E-state index in [9.17, 15) is 4.79 Å². The summed E-state index contributed by atoms with van der Waals surface area (Å²) in [5.74, 6) is 1.62. The molecule has 4 nitrogen and oxygen atoms in total. The number of carbonyl (C=O) groups is 1. The van der Waals surface area contributed by atoms with Crippen LogP contribution in [0.4, 0.5) is 0 Å². The van der Waals surface area contributed by atoms with Gasteiger partial charge in [0.05, 0.1) is 0 Å². The molecule has 0 radical (unpaired) electrons. The van der Waals surface area contributed by atoms with E-state index in [1.54, 1.807) is 0 Å². The molecule has 1 aliphatic carbocycles. The van der Waals surface area contributed by atoms with Gasteiger partial charge in [-0.2, -0.15) is 11.8 Å². The number of piperidine rings is 1. The van der Waals surface area contributed by atoms with E-state index in [1.807, 2.05) is 11.8 Å². The molecule has 0 spiro atoms. The molecule has 1 heterocycles.